The predicted octanol–water partition coefficient (Wildman–Crippen LogP) is 4.03. The molecule has 0 aromatic heterocycles. The summed E-state index contributed by atoms with van der Waals surface area (Å²) in [6.45, 7) is 2.20. The van der Waals surface area contributed by atoms with Crippen molar-refractivity contribution in [2.45, 2.75) is 45.1 Å². The van der Waals surface area contributed by atoms with Crippen LogP contribution in [0.4, 0.5) is 0 Å². The smallest absolute Gasteiger partial charge is 0.0724 e. The Balaban J connectivity index is 2.23. The number of benzene rings is 1. The lowest BCUT2D eigenvalue weighted by atomic mass is 10.1. The van der Waals surface area contributed by atoms with E-state index < -0.39 is 0 Å². The minimum absolute atomic E-state index is 0.294. The summed E-state index contributed by atoms with van der Waals surface area (Å²) in [5.41, 5.74) is 1.15. The van der Waals surface area contributed by atoms with E-state index in [1.807, 2.05) is 42.5 Å². The zero-order chi connectivity index (χ0) is 11.6. The van der Waals surface area contributed by atoms with E-state index in [1.165, 1.54) is 19.3 Å². The highest BCUT2D eigenvalue weighted by molar-refractivity contribution is 5.49. The quantitative estimate of drug-likeness (QED) is 0.685. The fourth-order valence-electron chi connectivity index (χ4n) is 1.66. The first-order valence-electron chi connectivity index (χ1n) is 6.24. The molecular formula is C15H22O. The molecule has 0 saturated heterocycles. The second kappa shape index (κ2) is 8.12. The van der Waals surface area contributed by atoms with Gasteiger partial charge in [0.15, 0.2) is 0 Å². The van der Waals surface area contributed by atoms with Crippen LogP contribution in [0, 0.1) is 0 Å². The van der Waals surface area contributed by atoms with Crippen LogP contribution >= 0.6 is 0 Å². The first kappa shape index (κ1) is 13.0. The van der Waals surface area contributed by atoms with Crippen molar-refractivity contribution in [1.29, 1.82) is 0 Å². The Morgan fingerprint density at radius 3 is 2.56 bits per heavy atom. The van der Waals surface area contributed by atoms with E-state index in [0.717, 1.165) is 18.4 Å². The van der Waals surface area contributed by atoms with Crippen LogP contribution in [0.25, 0.3) is 6.08 Å². The molecule has 88 valence electrons. The zero-order valence-corrected chi connectivity index (χ0v) is 10.1. The van der Waals surface area contributed by atoms with E-state index in [-0.39, 0.29) is 6.10 Å². The summed E-state index contributed by atoms with van der Waals surface area (Å²) in [5.74, 6) is 0. The molecule has 0 heterocycles. The summed E-state index contributed by atoms with van der Waals surface area (Å²) >= 11 is 0. The first-order chi connectivity index (χ1) is 7.83. The largest absolute Gasteiger partial charge is 0.389 e. The Kier molecular flexibility index (Phi) is 6.59. The maximum absolute atomic E-state index is 9.72. The maximum Gasteiger partial charge on any atom is 0.0724 e. The Morgan fingerprint density at radius 1 is 1.12 bits per heavy atom. The third-order valence-electron chi connectivity index (χ3n) is 2.66. The van der Waals surface area contributed by atoms with E-state index >= 15 is 0 Å². The van der Waals surface area contributed by atoms with Crippen molar-refractivity contribution in [3.63, 3.8) is 0 Å². The van der Waals surface area contributed by atoms with E-state index in [0.29, 0.717) is 0 Å². The number of hydrogen-bond acceptors (Lipinski definition) is 1. The lowest BCUT2D eigenvalue weighted by Gasteiger charge is -2.04. The number of aliphatic hydroxyl groups is 1. The van der Waals surface area contributed by atoms with Gasteiger partial charge in [-0.1, -0.05) is 75.1 Å². The molecule has 1 N–H and O–H groups in total. The molecule has 0 aliphatic carbocycles. The van der Waals surface area contributed by atoms with Crippen molar-refractivity contribution in [3.8, 4) is 0 Å². The molecule has 1 atom stereocenters. The third-order valence-corrected chi connectivity index (χ3v) is 2.66. The molecule has 16 heavy (non-hydrogen) atoms. The van der Waals surface area contributed by atoms with E-state index in [9.17, 15) is 5.11 Å². The van der Waals surface area contributed by atoms with Gasteiger partial charge in [0.25, 0.3) is 0 Å². The van der Waals surface area contributed by atoms with Crippen LogP contribution in [0.2, 0.25) is 0 Å². The molecule has 0 aliphatic rings. The van der Waals surface area contributed by atoms with Crippen molar-refractivity contribution >= 4 is 6.08 Å². The van der Waals surface area contributed by atoms with Gasteiger partial charge in [-0.3, -0.25) is 0 Å². The molecule has 1 aromatic carbocycles. The number of unbranched alkanes of at least 4 members (excludes halogenated alkanes) is 3. The highest BCUT2D eigenvalue weighted by Gasteiger charge is 1.98. The SMILES string of the molecule is CCCCCC[C@H](O)/C=C/c1ccccc1. The molecule has 0 unspecified atom stereocenters. The molecule has 1 nitrogen and oxygen atoms in total. The lowest BCUT2D eigenvalue weighted by molar-refractivity contribution is 0.209. The van der Waals surface area contributed by atoms with Crippen molar-refractivity contribution in [2.75, 3.05) is 0 Å². The van der Waals surface area contributed by atoms with Gasteiger partial charge in [-0.25, -0.2) is 0 Å². The van der Waals surface area contributed by atoms with Gasteiger partial charge < -0.3 is 5.11 Å². The Morgan fingerprint density at radius 2 is 1.88 bits per heavy atom. The van der Waals surface area contributed by atoms with Crippen LogP contribution in [0.1, 0.15) is 44.6 Å². The van der Waals surface area contributed by atoms with Gasteiger partial charge >= 0.3 is 0 Å². The van der Waals surface area contributed by atoms with Gasteiger partial charge in [0, 0.05) is 0 Å². The minimum Gasteiger partial charge on any atom is -0.389 e. The van der Waals surface area contributed by atoms with Crippen LogP contribution < -0.4 is 0 Å². The standard InChI is InChI=1S/C15H22O/c1-2-3-4-8-11-15(16)13-12-14-9-6-5-7-10-14/h5-7,9-10,12-13,15-16H,2-4,8,11H2,1H3/b13-12+/t15-/m0/s1. The topological polar surface area (TPSA) is 20.2 Å². The average molecular weight is 218 g/mol. The summed E-state index contributed by atoms with van der Waals surface area (Å²) in [4.78, 5) is 0. The third kappa shape index (κ3) is 5.72. The molecule has 0 aliphatic heterocycles. The summed E-state index contributed by atoms with van der Waals surface area (Å²) in [5, 5.41) is 9.72. The van der Waals surface area contributed by atoms with Crippen LogP contribution in [-0.2, 0) is 0 Å². The molecule has 0 spiro atoms. The molecule has 0 bridgehead atoms. The number of aliphatic hydroxyl groups excluding tert-OH is 1. The second-order valence-electron chi connectivity index (χ2n) is 4.19. The summed E-state index contributed by atoms with van der Waals surface area (Å²) in [6.07, 6.45) is 9.33. The summed E-state index contributed by atoms with van der Waals surface area (Å²) in [6, 6.07) is 10.1. The average Bonchev–Trinajstić information content (AvgIpc) is 2.33. The van der Waals surface area contributed by atoms with Gasteiger partial charge in [0.2, 0.25) is 0 Å². The van der Waals surface area contributed by atoms with Crippen LogP contribution in [-0.4, -0.2) is 11.2 Å². The van der Waals surface area contributed by atoms with Gasteiger partial charge in [-0.05, 0) is 12.0 Å². The first-order valence-corrected chi connectivity index (χ1v) is 6.24. The molecular weight excluding hydrogens is 196 g/mol. The predicted molar refractivity (Wildman–Crippen MR) is 70.2 cm³/mol. The van der Waals surface area contributed by atoms with E-state index in [2.05, 4.69) is 6.92 Å². The van der Waals surface area contributed by atoms with Crippen molar-refractivity contribution < 1.29 is 5.11 Å². The molecule has 0 saturated carbocycles. The minimum atomic E-state index is -0.294. The molecule has 0 fully saturated rings. The van der Waals surface area contributed by atoms with E-state index in [1.54, 1.807) is 0 Å². The summed E-state index contributed by atoms with van der Waals surface area (Å²) in [7, 11) is 0. The van der Waals surface area contributed by atoms with Crippen LogP contribution in [0.15, 0.2) is 36.4 Å². The Hall–Kier alpha value is -1.08. The van der Waals surface area contributed by atoms with Gasteiger partial charge in [0.05, 0.1) is 6.10 Å². The summed E-state index contributed by atoms with van der Waals surface area (Å²) < 4.78 is 0. The number of rotatable bonds is 7. The molecule has 0 amide bonds. The van der Waals surface area contributed by atoms with Crippen LogP contribution in [0.5, 0.6) is 0 Å². The van der Waals surface area contributed by atoms with Crippen molar-refractivity contribution in [1.82, 2.24) is 0 Å². The van der Waals surface area contributed by atoms with E-state index in [4.69, 9.17) is 0 Å². The van der Waals surface area contributed by atoms with Crippen LogP contribution in [0.3, 0.4) is 0 Å². The molecule has 1 aromatic rings. The van der Waals surface area contributed by atoms with Crippen molar-refractivity contribution in [3.05, 3.63) is 42.0 Å². The van der Waals surface area contributed by atoms with Gasteiger partial charge in [-0.2, -0.15) is 0 Å². The van der Waals surface area contributed by atoms with Gasteiger partial charge in [0.1, 0.15) is 0 Å². The lowest BCUT2D eigenvalue weighted by Crippen LogP contribution is -2.01. The Labute approximate surface area is 98.8 Å². The molecule has 0 radical (unpaired) electrons. The highest BCUT2D eigenvalue weighted by atomic mass is 16.3. The fourth-order valence-corrected chi connectivity index (χ4v) is 1.66. The highest BCUT2D eigenvalue weighted by Crippen LogP contribution is 2.08. The van der Waals surface area contributed by atoms with Gasteiger partial charge in [-0.15, -0.1) is 0 Å². The Bertz CT molecular complexity index is 290. The normalized spacial score (nSPS) is 13.1. The molecule has 1 rings (SSSR count). The fraction of sp³-hybridized carbons (Fsp3) is 0.467. The number of hydrogen-bond donors (Lipinski definition) is 1. The molecule has 1 heteroatoms. The zero-order valence-electron chi connectivity index (χ0n) is 10.1. The maximum atomic E-state index is 9.72. The monoisotopic (exact) mass is 218 g/mol. The second-order valence-corrected chi connectivity index (χ2v) is 4.19. The van der Waals surface area contributed by atoms with Crippen molar-refractivity contribution in [2.24, 2.45) is 0 Å².